The molecule has 34 heavy (non-hydrogen) atoms. The van der Waals surface area contributed by atoms with Crippen LogP contribution in [0.4, 0.5) is 9.18 Å². The molecule has 1 atom stereocenters. The molecule has 3 N–H and O–H groups in total. The van der Waals surface area contributed by atoms with Crippen molar-refractivity contribution in [1.82, 2.24) is 14.5 Å². The summed E-state index contributed by atoms with van der Waals surface area (Å²) >= 11 is 6.26. The molecule has 4 rings (SSSR count). The first-order valence-electron chi connectivity index (χ1n) is 10.7. The highest BCUT2D eigenvalue weighted by Crippen LogP contribution is 2.47. The van der Waals surface area contributed by atoms with Crippen LogP contribution in [0.2, 0.25) is 5.02 Å². The van der Waals surface area contributed by atoms with Gasteiger partial charge in [-0.15, -0.1) is 0 Å². The third-order valence-electron chi connectivity index (χ3n) is 5.85. The number of benzene rings is 2. The summed E-state index contributed by atoms with van der Waals surface area (Å²) in [7, 11) is 0. The molecule has 0 radical (unpaired) electrons. The quantitative estimate of drug-likeness (QED) is 0.550. The van der Waals surface area contributed by atoms with Gasteiger partial charge in [-0.1, -0.05) is 17.7 Å². The molecule has 10 heteroatoms. The van der Waals surface area contributed by atoms with Gasteiger partial charge in [0.2, 0.25) is 5.91 Å². The van der Waals surface area contributed by atoms with Crippen molar-refractivity contribution in [3.63, 3.8) is 0 Å². The van der Waals surface area contributed by atoms with Crippen LogP contribution in [0.15, 0.2) is 41.2 Å². The number of fused-ring (bicyclic) bond motifs is 1. The molecule has 1 heterocycles. The van der Waals surface area contributed by atoms with Crippen molar-refractivity contribution in [2.24, 2.45) is 11.7 Å². The van der Waals surface area contributed by atoms with E-state index >= 15 is 0 Å². The SMILES string of the molecule is CC(C)(C)N(C(=O)O)[C@H](c1nc2c(Cl)cc(F)cc2c(=O)n1-c1cccc(C(N)=O)c1)C1CC1. The molecule has 2 aromatic carbocycles. The number of nitrogens with zero attached hydrogens (tertiary/aromatic N) is 3. The first-order valence-corrected chi connectivity index (χ1v) is 11.1. The lowest BCUT2D eigenvalue weighted by molar-refractivity contribution is 0.0582. The molecule has 1 saturated carbocycles. The van der Waals surface area contributed by atoms with E-state index in [1.165, 1.54) is 21.6 Å². The molecule has 0 spiro atoms. The van der Waals surface area contributed by atoms with Crippen LogP contribution in [-0.4, -0.2) is 37.1 Å². The standard InChI is InChI=1S/C24H24ClFN4O4/c1-24(2,3)30(23(33)34)19(12-7-8-12)21-28-18-16(10-14(26)11-17(18)25)22(32)29(21)15-6-4-5-13(9-15)20(27)31/h4-6,9-12,19H,7-8H2,1-3H3,(H2,27,31)(H,33,34)/t19-/m0/s1. The fourth-order valence-electron chi connectivity index (χ4n) is 4.25. The molecule has 0 unspecified atom stereocenters. The van der Waals surface area contributed by atoms with Crippen molar-refractivity contribution in [2.75, 3.05) is 0 Å². The Morgan fingerprint density at radius 1 is 1.26 bits per heavy atom. The maximum atomic E-state index is 14.2. The molecule has 2 amide bonds. The molecule has 3 aromatic rings. The minimum atomic E-state index is -1.17. The number of nitrogens with two attached hydrogens (primary N) is 1. The lowest BCUT2D eigenvalue weighted by Gasteiger charge is -2.40. The summed E-state index contributed by atoms with van der Waals surface area (Å²) in [6.07, 6.45) is 0.328. The number of halogens is 2. The third-order valence-corrected chi connectivity index (χ3v) is 6.13. The Morgan fingerprint density at radius 3 is 2.50 bits per heavy atom. The number of carbonyl (C=O) groups is 2. The van der Waals surface area contributed by atoms with Gasteiger partial charge >= 0.3 is 6.09 Å². The van der Waals surface area contributed by atoms with Crippen LogP contribution in [0.5, 0.6) is 0 Å². The highest BCUT2D eigenvalue weighted by Gasteiger charge is 2.45. The van der Waals surface area contributed by atoms with E-state index in [2.05, 4.69) is 4.98 Å². The molecular weight excluding hydrogens is 463 g/mol. The maximum absolute atomic E-state index is 14.2. The van der Waals surface area contributed by atoms with Gasteiger partial charge in [-0.25, -0.2) is 14.2 Å². The topological polar surface area (TPSA) is 119 Å². The predicted octanol–water partition coefficient (Wildman–Crippen LogP) is 4.51. The fraction of sp³-hybridized carbons (Fsp3) is 0.333. The monoisotopic (exact) mass is 486 g/mol. The van der Waals surface area contributed by atoms with Crippen molar-refractivity contribution < 1.29 is 19.1 Å². The second-order valence-electron chi connectivity index (χ2n) is 9.41. The molecule has 1 aromatic heterocycles. The van der Waals surface area contributed by atoms with Crippen LogP contribution in [0, 0.1) is 11.7 Å². The average molecular weight is 487 g/mol. The molecular formula is C24H24ClFN4O4. The molecule has 8 nitrogen and oxygen atoms in total. The van der Waals surface area contributed by atoms with Gasteiger partial charge in [0.15, 0.2) is 0 Å². The van der Waals surface area contributed by atoms with Crippen LogP contribution in [0.25, 0.3) is 16.6 Å². The van der Waals surface area contributed by atoms with E-state index in [-0.39, 0.29) is 38.9 Å². The Kier molecular flexibility index (Phi) is 5.85. The summed E-state index contributed by atoms with van der Waals surface area (Å²) < 4.78 is 15.4. The summed E-state index contributed by atoms with van der Waals surface area (Å²) in [6.45, 7) is 5.28. The Balaban J connectivity index is 2.12. The number of hydrogen-bond donors (Lipinski definition) is 2. The maximum Gasteiger partial charge on any atom is 0.408 e. The van der Waals surface area contributed by atoms with E-state index in [1.54, 1.807) is 32.9 Å². The smallest absolute Gasteiger partial charge is 0.408 e. The highest BCUT2D eigenvalue weighted by molar-refractivity contribution is 6.35. The second-order valence-corrected chi connectivity index (χ2v) is 9.82. The second kappa shape index (κ2) is 8.39. The zero-order valence-electron chi connectivity index (χ0n) is 18.9. The molecule has 1 fully saturated rings. The summed E-state index contributed by atoms with van der Waals surface area (Å²) in [5.74, 6) is -1.33. The van der Waals surface area contributed by atoms with Crippen molar-refractivity contribution in [3.8, 4) is 5.69 Å². The summed E-state index contributed by atoms with van der Waals surface area (Å²) in [5.41, 5.74) is 4.48. The molecule has 0 aliphatic heterocycles. The first-order chi connectivity index (χ1) is 15.9. The summed E-state index contributed by atoms with van der Waals surface area (Å²) in [6, 6.07) is 7.37. The number of rotatable bonds is 5. The van der Waals surface area contributed by atoms with Gasteiger partial charge in [0.1, 0.15) is 11.6 Å². The predicted molar refractivity (Wildman–Crippen MR) is 126 cm³/mol. The number of carbonyl (C=O) groups excluding carboxylic acids is 1. The van der Waals surface area contributed by atoms with Crippen molar-refractivity contribution in [3.05, 3.63) is 69.0 Å². The fourth-order valence-corrected chi connectivity index (χ4v) is 4.50. The van der Waals surface area contributed by atoms with E-state index in [0.29, 0.717) is 0 Å². The Hall–Kier alpha value is -3.46. The minimum absolute atomic E-state index is 0.0569. The Labute approximate surface area is 199 Å². The van der Waals surface area contributed by atoms with Gasteiger partial charge in [0, 0.05) is 11.1 Å². The Morgan fingerprint density at radius 2 is 1.94 bits per heavy atom. The molecule has 1 aliphatic rings. The van der Waals surface area contributed by atoms with Gasteiger partial charge in [-0.2, -0.15) is 0 Å². The number of hydrogen-bond acceptors (Lipinski definition) is 4. The zero-order chi connectivity index (χ0) is 24.9. The van der Waals surface area contributed by atoms with E-state index < -0.39 is 35.0 Å². The third kappa shape index (κ3) is 4.23. The number of carboxylic acid groups (broad SMARTS) is 1. The van der Waals surface area contributed by atoms with Crippen LogP contribution in [-0.2, 0) is 0 Å². The highest BCUT2D eigenvalue weighted by atomic mass is 35.5. The van der Waals surface area contributed by atoms with Gasteiger partial charge in [-0.05, 0) is 69.9 Å². The van der Waals surface area contributed by atoms with Crippen molar-refractivity contribution in [1.29, 1.82) is 0 Å². The van der Waals surface area contributed by atoms with Crippen LogP contribution in [0.1, 0.15) is 55.8 Å². The van der Waals surface area contributed by atoms with Gasteiger partial charge in [0.25, 0.3) is 5.56 Å². The normalized spacial score (nSPS) is 14.7. The van der Waals surface area contributed by atoms with Gasteiger partial charge < -0.3 is 10.8 Å². The van der Waals surface area contributed by atoms with E-state index in [4.69, 9.17) is 17.3 Å². The molecule has 0 bridgehead atoms. The van der Waals surface area contributed by atoms with Crippen molar-refractivity contribution >= 4 is 34.5 Å². The molecule has 0 saturated heterocycles. The van der Waals surface area contributed by atoms with Crippen molar-refractivity contribution in [2.45, 2.75) is 45.2 Å². The lowest BCUT2D eigenvalue weighted by atomic mass is 9.99. The summed E-state index contributed by atoms with van der Waals surface area (Å²) in [5, 5.41) is 10.0. The van der Waals surface area contributed by atoms with Gasteiger partial charge in [0.05, 0.1) is 27.7 Å². The molecule has 1 aliphatic carbocycles. The van der Waals surface area contributed by atoms with Crippen LogP contribution in [0.3, 0.4) is 0 Å². The number of aromatic nitrogens is 2. The largest absolute Gasteiger partial charge is 0.465 e. The first kappa shape index (κ1) is 23.7. The zero-order valence-corrected chi connectivity index (χ0v) is 19.6. The van der Waals surface area contributed by atoms with E-state index in [1.807, 2.05) is 0 Å². The van der Waals surface area contributed by atoms with Gasteiger partial charge in [-0.3, -0.25) is 19.1 Å². The Bertz CT molecular complexity index is 1380. The number of primary amides is 1. The van der Waals surface area contributed by atoms with E-state index in [0.717, 1.165) is 25.0 Å². The average Bonchev–Trinajstić information content (AvgIpc) is 3.56. The van der Waals surface area contributed by atoms with Crippen LogP contribution >= 0.6 is 11.6 Å². The number of amides is 2. The molecule has 178 valence electrons. The van der Waals surface area contributed by atoms with E-state index in [9.17, 15) is 23.9 Å². The summed E-state index contributed by atoms with van der Waals surface area (Å²) in [4.78, 5) is 43.9. The minimum Gasteiger partial charge on any atom is -0.465 e. The van der Waals surface area contributed by atoms with Crippen LogP contribution < -0.4 is 11.3 Å². The lowest BCUT2D eigenvalue weighted by Crippen LogP contribution is -2.49.